The van der Waals surface area contributed by atoms with Gasteiger partial charge in [-0.2, -0.15) is 0 Å². The number of halogens is 2. The first-order valence-electron chi connectivity index (χ1n) is 4.19. The Kier molecular flexibility index (Phi) is 4.14. The summed E-state index contributed by atoms with van der Waals surface area (Å²) in [6.45, 7) is 0.223. The normalized spacial score (nSPS) is 8.67. The van der Waals surface area contributed by atoms with Crippen molar-refractivity contribution < 1.29 is 8.78 Å². The molecule has 0 amide bonds. The molecular weight excluding hydrogens is 200 g/mol. The maximum absolute atomic E-state index is 13.0. The average Bonchev–Trinajstić information content (AvgIpc) is 2.24. The summed E-state index contributed by atoms with van der Waals surface area (Å²) in [7, 11) is 0. The molecule has 1 aromatic rings. The van der Waals surface area contributed by atoms with E-state index in [9.17, 15) is 8.78 Å². The molecule has 0 radical (unpaired) electrons. The molecule has 1 aromatic carbocycles. The van der Waals surface area contributed by atoms with Crippen LogP contribution in [0.15, 0.2) is 23.3 Å². The quantitative estimate of drug-likeness (QED) is 0.235. The molecule has 0 atom stereocenters. The van der Waals surface area contributed by atoms with Crippen LogP contribution in [0.4, 0.5) is 8.78 Å². The fourth-order valence-electron chi connectivity index (χ4n) is 0.909. The minimum Gasteiger partial charge on any atom is -0.204 e. The summed E-state index contributed by atoms with van der Waals surface area (Å²) in [5.74, 6) is 3.18. The highest BCUT2D eigenvalue weighted by Gasteiger charge is 2.03. The zero-order valence-electron chi connectivity index (χ0n) is 7.74. The van der Waals surface area contributed by atoms with Crippen molar-refractivity contribution in [2.45, 2.75) is 6.42 Å². The molecule has 0 aliphatic carbocycles. The summed E-state index contributed by atoms with van der Waals surface area (Å²) in [5.41, 5.74) is 7.97. The van der Waals surface area contributed by atoms with Crippen LogP contribution in [0.3, 0.4) is 0 Å². The van der Waals surface area contributed by atoms with E-state index in [-0.39, 0.29) is 12.1 Å². The number of benzene rings is 1. The van der Waals surface area contributed by atoms with Gasteiger partial charge in [-0.1, -0.05) is 23.0 Å². The van der Waals surface area contributed by atoms with Gasteiger partial charge in [0.1, 0.15) is 0 Å². The van der Waals surface area contributed by atoms with E-state index in [1.54, 1.807) is 0 Å². The van der Waals surface area contributed by atoms with Crippen molar-refractivity contribution in [3.05, 3.63) is 45.8 Å². The second-order valence-electron chi connectivity index (χ2n) is 2.61. The third-order valence-corrected chi connectivity index (χ3v) is 1.57. The summed E-state index contributed by atoms with van der Waals surface area (Å²) >= 11 is 0. The first-order valence-corrected chi connectivity index (χ1v) is 4.19. The van der Waals surface area contributed by atoms with Crippen LogP contribution in [-0.2, 0) is 0 Å². The molecule has 0 N–H and O–H groups in total. The number of nitrogens with zero attached hydrogens (tertiary/aromatic N) is 3. The lowest BCUT2D eigenvalue weighted by Crippen LogP contribution is -1.88. The summed E-state index contributed by atoms with van der Waals surface area (Å²) in [6.07, 6.45) is 0.319. The fourth-order valence-corrected chi connectivity index (χ4v) is 0.909. The molecule has 76 valence electrons. The van der Waals surface area contributed by atoms with Gasteiger partial charge in [-0.3, -0.25) is 0 Å². The zero-order chi connectivity index (χ0) is 11.1. The van der Waals surface area contributed by atoms with Crippen molar-refractivity contribution in [3.63, 3.8) is 0 Å². The van der Waals surface area contributed by atoms with Crippen molar-refractivity contribution >= 4 is 0 Å². The van der Waals surface area contributed by atoms with Crippen LogP contribution in [0.1, 0.15) is 12.0 Å². The van der Waals surface area contributed by atoms with E-state index in [1.165, 1.54) is 12.1 Å². The van der Waals surface area contributed by atoms with E-state index in [2.05, 4.69) is 21.9 Å². The van der Waals surface area contributed by atoms with E-state index < -0.39 is 11.6 Å². The summed E-state index contributed by atoms with van der Waals surface area (Å²) in [4.78, 5) is 2.54. The van der Waals surface area contributed by atoms with Crippen molar-refractivity contribution in [1.29, 1.82) is 0 Å². The molecule has 0 saturated carbocycles. The van der Waals surface area contributed by atoms with Crippen LogP contribution >= 0.6 is 0 Å². The zero-order valence-corrected chi connectivity index (χ0v) is 7.74. The Bertz CT molecular complexity index is 453. The Morgan fingerprint density at radius 2 is 2.20 bits per heavy atom. The molecule has 3 nitrogen and oxygen atoms in total. The van der Waals surface area contributed by atoms with Gasteiger partial charge in [0.2, 0.25) is 0 Å². The lowest BCUT2D eigenvalue weighted by Gasteiger charge is -1.94. The van der Waals surface area contributed by atoms with Gasteiger partial charge in [0.05, 0.1) is 5.56 Å². The predicted molar refractivity (Wildman–Crippen MR) is 51.9 cm³/mol. The van der Waals surface area contributed by atoms with Gasteiger partial charge in [-0.15, -0.1) is 0 Å². The third kappa shape index (κ3) is 3.29. The molecule has 1 rings (SSSR count). The molecule has 0 heterocycles. The lowest BCUT2D eigenvalue weighted by molar-refractivity contribution is 0.506. The van der Waals surface area contributed by atoms with Crippen molar-refractivity contribution in [1.82, 2.24) is 0 Å². The molecule has 0 aromatic heterocycles. The molecule has 0 aliphatic rings. The van der Waals surface area contributed by atoms with Gasteiger partial charge in [-0.05, 0) is 17.7 Å². The molecule has 0 unspecified atom stereocenters. The molecule has 15 heavy (non-hydrogen) atoms. The highest BCUT2D eigenvalue weighted by molar-refractivity contribution is 5.35. The largest absolute Gasteiger partial charge is 0.204 e. The van der Waals surface area contributed by atoms with Gasteiger partial charge in [0.15, 0.2) is 11.6 Å². The second kappa shape index (κ2) is 5.63. The maximum atomic E-state index is 13.0. The molecule has 0 aliphatic heterocycles. The van der Waals surface area contributed by atoms with E-state index in [0.29, 0.717) is 6.42 Å². The first-order chi connectivity index (χ1) is 7.25. The van der Waals surface area contributed by atoms with Gasteiger partial charge < -0.3 is 0 Å². The number of azide groups is 1. The SMILES string of the molecule is [N-]=[N+]=NCCC#Cc1cccc(F)c1F. The topological polar surface area (TPSA) is 48.8 Å². The van der Waals surface area contributed by atoms with Crippen molar-refractivity contribution in [2.24, 2.45) is 5.11 Å². The van der Waals surface area contributed by atoms with Crippen molar-refractivity contribution in [2.75, 3.05) is 6.54 Å². The Hall–Kier alpha value is -2.05. The van der Waals surface area contributed by atoms with Crippen LogP contribution in [0.25, 0.3) is 10.4 Å². The standard InChI is InChI=1S/C10H7F2N3/c11-9-6-3-5-8(10(9)12)4-1-2-7-14-15-13/h3,5-6H,2,7H2. The minimum absolute atomic E-state index is 0.0101. The maximum Gasteiger partial charge on any atom is 0.174 e. The molecule has 0 saturated heterocycles. The Morgan fingerprint density at radius 1 is 1.40 bits per heavy atom. The van der Waals surface area contributed by atoms with Crippen LogP contribution in [-0.4, -0.2) is 6.54 Å². The lowest BCUT2D eigenvalue weighted by atomic mass is 10.2. The van der Waals surface area contributed by atoms with Gasteiger partial charge in [-0.25, -0.2) is 8.78 Å². The third-order valence-electron chi connectivity index (χ3n) is 1.57. The number of hydrogen-bond donors (Lipinski definition) is 0. The average molecular weight is 207 g/mol. The highest BCUT2D eigenvalue weighted by atomic mass is 19.2. The Balaban J connectivity index is 2.71. The van der Waals surface area contributed by atoms with E-state index in [1.807, 2.05) is 0 Å². The smallest absolute Gasteiger partial charge is 0.174 e. The highest BCUT2D eigenvalue weighted by Crippen LogP contribution is 2.09. The molecule has 0 fully saturated rings. The van der Waals surface area contributed by atoms with Crippen LogP contribution < -0.4 is 0 Å². The number of rotatable bonds is 2. The fraction of sp³-hybridized carbons (Fsp3) is 0.200. The Labute approximate surface area is 85.4 Å². The molecule has 0 spiro atoms. The predicted octanol–water partition coefficient (Wildman–Crippen LogP) is 3.02. The van der Waals surface area contributed by atoms with Crippen LogP contribution in [0.5, 0.6) is 0 Å². The van der Waals surface area contributed by atoms with E-state index >= 15 is 0 Å². The summed E-state index contributed by atoms with van der Waals surface area (Å²) in [6, 6.07) is 3.80. The summed E-state index contributed by atoms with van der Waals surface area (Å²) < 4.78 is 25.7. The summed E-state index contributed by atoms with van der Waals surface area (Å²) in [5, 5.41) is 3.25. The molecular formula is C10H7F2N3. The van der Waals surface area contributed by atoms with E-state index in [4.69, 9.17) is 5.53 Å². The molecule has 0 bridgehead atoms. The monoisotopic (exact) mass is 207 g/mol. The number of hydrogen-bond acceptors (Lipinski definition) is 1. The Morgan fingerprint density at radius 3 is 2.93 bits per heavy atom. The van der Waals surface area contributed by atoms with Crippen molar-refractivity contribution in [3.8, 4) is 11.8 Å². The van der Waals surface area contributed by atoms with Crippen LogP contribution in [0, 0.1) is 23.5 Å². The van der Waals surface area contributed by atoms with Gasteiger partial charge in [0.25, 0.3) is 0 Å². The second-order valence-corrected chi connectivity index (χ2v) is 2.61. The van der Waals surface area contributed by atoms with Gasteiger partial charge in [0, 0.05) is 17.9 Å². The molecule has 5 heteroatoms. The van der Waals surface area contributed by atoms with E-state index in [0.717, 1.165) is 6.07 Å². The minimum atomic E-state index is -0.950. The van der Waals surface area contributed by atoms with Crippen LogP contribution in [0.2, 0.25) is 0 Å². The first kappa shape index (κ1) is 11.0. The van der Waals surface area contributed by atoms with Gasteiger partial charge >= 0.3 is 0 Å².